The molecule has 0 aromatic heterocycles. The smallest absolute Gasteiger partial charge is 1.00 e. The van der Waals surface area contributed by atoms with Crippen molar-refractivity contribution in [3.8, 4) is 33.4 Å². The van der Waals surface area contributed by atoms with Crippen LogP contribution in [0.15, 0.2) is 155 Å². The maximum atomic E-state index is 6.45. The first kappa shape index (κ1) is 49.3. The van der Waals surface area contributed by atoms with E-state index in [2.05, 4.69) is 169 Å². The number of rotatable bonds is 6. The minimum absolute atomic E-state index is 0. The zero-order valence-corrected chi connectivity index (χ0v) is 43.7. The van der Waals surface area contributed by atoms with Crippen molar-refractivity contribution in [2.45, 2.75) is 70.0 Å². The summed E-state index contributed by atoms with van der Waals surface area (Å²) in [4.78, 5) is 0. The van der Waals surface area contributed by atoms with Crippen molar-refractivity contribution in [1.29, 1.82) is 0 Å². The van der Waals surface area contributed by atoms with Gasteiger partial charge < -0.3 is 24.8 Å². The molecule has 0 fully saturated rings. The Morgan fingerprint density at radius 2 is 0.887 bits per heavy atom. The molecule has 0 unspecified atom stereocenters. The largest absolute Gasteiger partial charge is 1.00 e. The predicted molar refractivity (Wildman–Crippen MR) is 258 cm³/mol. The summed E-state index contributed by atoms with van der Waals surface area (Å²) in [6.45, 7) is 14.0. The summed E-state index contributed by atoms with van der Waals surface area (Å²) in [7, 11) is 0. The van der Waals surface area contributed by atoms with Crippen LogP contribution in [-0.2, 0) is 39.7 Å². The van der Waals surface area contributed by atoms with Crippen molar-refractivity contribution in [3.63, 3.8) is 0 Å². The van der Waals surface area contributed by atoms with Crippen LogP contribution in [0.2, 0.25) is 0 Å². The summed E-state index contributed by atoms with van der Waals surface area (Å²) < 4.78 is -0.137. The number of allylic oxidation sites excluding steroid dienone is 4. The van der Waals surface area contributed by atoms with Gasteiger partial charge in [0, 0.05) is 0 Å². The van der Waals surface area contributed by atoms with Crippen LogP contribution in [0, 0.1) is 0 Å². The standard InChI is InChI=1S/C33H33.C15H8Cl6.C5H5.2ClH.Zr/c1-32(2,3)30-20-26-24(18-28(30)22-13-9-7-10-14-22)17-25-19-29(23-15-11-8-12-16-23)31(21-27(25)26)33(4,5)6;16-14(17,18)12-5-1-10(2-6-12)9-11-3-7-13(8-4-11)15(19,20)21;1-2-4-5-3-1;;;/h7-21H,1-6H3;1-8H;1-3H,4H2;2*1H;/q;;;;;+2/p-2. The SMILES string of the molecule is CC(C)(C)c1cc2c(cc1-c1ccccc1)[CH]([Zr+2]([C]1=CC=CC1)=[C](c1ccc(C(Cl)(Cl)Cl)cc1)c1ccc(C(Cl)(Cl)Cl)cc1)c1cc(-c3ccccc3)c(C(C)(C)C)cc1-2.[Cl-].[Cl-]. The van der Waals surface area contributed by atoms with E-state index in [-0.39, 0.29) is 39.3 Å². The molecule has 0 saturated heterocycles. The molecule has 0 aliphatic heterocycles. The monoisotopic (exact) mass is 1050 g/mol. The van der Waals surface area contributed by atoms with Crippen LogP contribution in [-0.4, -0.2) is 3.21 Å². The molecule has 0 saturated carbocycles. The third-order valence-corrected chi connectivity index (χ3v) is 21.4. The van der Waals surface area contributed by atoms with E-state index >= 15 is 0 Å². The second-order valence-electron chi connectivity index (χ2n) is 17.9. The third kappa shape index (κ3) is 9.99. The molecule has 318 valence electrons. The van der Waals surface area contributed by atoms with Gasteiger partial charge in [0.05, 0.1) is 0 Å². The molecular formula is C53H46Cl8Zr. The summed E-state index contributed by atoms with van der Waals surface area (Å²) in [5.41, 5.74) is 16.3. The summed E-state index contributed by atoms with van der Waals surface area (Å²) in [5, 5.41) is 0. The van der Waals surface area contributed by atoms with Gasteiger partial charge in [-0.1, -0.05) is 0 Å². The van der Waals surface area contributed by atoms with E-state index in [9.17, 15) is 0 Å². The maximum Gasteiger partial charge on any atom is -1.00 e. The Bertz CT molecular complexity index is 2510. The molecule has 0 radical (unpaired) electrons. The van der Waals surface area contributed by atoms with E-state index in [1.54, 1.807) is 0 Å². The van der Waals surface area contributed by atoms with Crippen molar-refractivity contribution in [3.05, 3.63) is 199 Å². The topological polar surface area (TPSA) is 0 Å². The normalized spacial score (nSPS) is 13.6. The maximum absolute atomic E-state index is 6.45. The van der Waals surface area contributed by atoms with Crippen molar-refractivity contribution in [2.24, 2.45) is 0 Å². The Balaban J connectivity index is 0.00000321. The van der Waals surface area contributed by atoms with E-state index in [0.717, 1.165) is 17.5 Å². The molecule has 62 heavy (non-hydrogen) atoms. The number of hydrogen-bond donors (Lipinski definition) is 0. The zero-order valence-electron chi connectivity index (χ0n) is 35.2. The number of alkyl halides is 6. The van der Waals surface area contributed by atoms with Crippen LogP contribution >= 0.6 is 69.6 Å². The number of hydrogen-bond acceptors (Lipinski definition) is 0. The molecule has 0 bridgehead atoms. The summed E-state index contributed by atoms with van der Waals surface area (Å²) in [5.74, 6) is 0. The van der Waals surface area contributed by atoms with Gasteiger partial charge >= 0.3 is 397 Å². The van der Waals surface area contributed by atoms with Crippen LogP contribution in [0.3, 0.4) is 0 Å². The quantitative estimate of drug-likeness (QED) is 0.146. The Morgan fingerprint density at radius 1 is 0.500 bits per heavy atom. The van der Waals surface area contributed by atoms with Gasteiger partial charge in [-0.05, 0) is 0 Å². The van der Waals surface area contributed by atoms with Gasteiger partial charge in [-0.2, -0.15) is 0 Å². The van der Waals surface area contributed by atoms with Gasteiger partial charge in [0.25, 0.3) is 0 Å². The second-order valence-corrected chi connectivity index (χ2v) is 28.7. The van der Waals surface area contributed by atoms with Crippen molar-refractivity contribution < 1.29 is 46.1 Å². The summed E-state index contributed by atoms with van der Waals surface area (Å²) in [6, 6.07) is 48.2. The molecule has 0 nitrogen and oxygen atoms in total. The molecule has 0 heterocycles. The minimum Gasteiger partial charge on any atom is -1.00 e. The molecule has 0 N–H and O–H groups in total. The van der Waals surface area contributed by atoms with Gasteiger partial charge in [0.2, 0.25) is 0 Å². The fraction of sp³-hybridized carbons (Fsp3) is 0.226. The number of benzene rings is 6. The third-order valence-electron chi connectivity index (χ3n) is 11.8. The predicted octanol–water partition coefficient (Wildman–Crippen LogP) is 11.1. The molecular weight excluding hydrogens is 1010 g/mol. The van der Waals surface area contributed by atoms with Gasteiger partial charge in [-0.25, -0.2) is 0 Å². The first-order valence-electron chi connectivity index (χ1n) is 20.2. The number of fused-ring (bicyclic) bond motifs is 3. The van der Waals surface area contributed by atoms with Crippen LogP contribution in [0.25, 0.3) is 33.4 Å². The molecule has 9 heteroatoms. The van der Waals surface area contributed by atoms with Crippen molar-refractivity contribution in [1.82, 2.24) is 0 Å². The molecule has 0 spiro atoms. The van der Waals surface area contributed by atoms with Crippen LogP contribution in [0.5, 0.6) is 0 Å². The van der Waals surface area contributed by atoms with Crippen molar-refractivity contribution >= 4 is 72.8 Å². The second kappa shape index (κ2) is 19.0. The first-order valence-corrected chi connectivity index (χ1v) is 26.4. The molecule has 6 aromatic carbocycles. The van der Waals surface area contributed by atoms with Gasteiger partial charge in [-0.3, -0.25) is 0 Å². The van der Waals surface area contributed by atoms with Crippen molar-refractivity contribution in [2.75, 3.05) is 0 Å². The molecule has 0 atom stereocenters. The van der Waals surface area contributed by atoms with Gasteiger partial charge in [0.1, 0.15) is 0 Å². The Kier molecular flexibility index (Phi) is 15.1. The van der Waals surface area contributed by atoms with E-state index in [4.69, 9.17) is 69.6 Å². The Hall–Kier alpha value is -2.13. The fourth-order valence-corrected chi connectivity index (χ4v) is 18.6. The summed E-state index contributed by atoms with van der Waals surface area (Å²) >= 11 is 35.5. The van der Waals surface area contributed by atoms with E-state index in [1.165, 1.54) is 62.1 Å². The van der Waals surface area contributed by atoms with Crippen LogP contribution in [0.4, 0.5) is 0 Å². The average molecular weight is 1060 g/mol. The van der Waals surface area contributed by atoms with Crippen LogP contribution < -0.4 is 24.8 Å². The average Bonchev–Trinajstić information content (AvgIpc) is 3.85. The number of halogens is 8. The fourth-order valence-electron chi connectivity index (χ4n) is 8.88. The molecule has 8 rings (SSSR count). The molecule has 6 aromatic rings. The Labute approximate surface area is 417 Å². The molecule has 0 amide bonds. The van der Waals surface area contributed by atoms with E-state index in [0.29, 0.717) is 11.1 Å². The first-order chi connectivity index (χ1) is 28.3. The molecule has 2 aliphatic rings. The summed E-state index contributed by atoms with van der Waals surface area (Å²) in [6.07, 6.45) is 7.83. The minimum atomic E-state index is -3.24. The van der Waals surface area contributed by atoms with Gasteiger partial charge in [-0.15, -0.1) is 0 Å². The van der Waals surface area contributed by atoms with E-state index in [1.807, 2.05) is 24.3 Å². The molecule has 2 aliphatic carbocycles. The Morgan fingerprint density at radius 3 is 1.21 bits per heavy atom. The van der Waals surface area contributed by atoms with Crippen LogP contribution in [0.1, 0.15) is 96.1 Å². The van der Waals surface area contributed by atoms with Gasteiger partial charge in [0.15, 0.2) is 0 Å². The zero-order chi connectivity index (χ0) is 42.8. The van der Waals surface area contributed by atoms with E-state index < -0.39 is 28.9 Å².